The van der Waals surface area contributed by atoms with Gasteiger partial charge in [0.05, 0.1) is 30.4 Å². The number of carbonyl (C=O) groups is 2. The summed E-state index contributed by atoms with van der Waals surface area (Å²) in [6.45, 7) is 3.75. The number of hydrogen-bond acceptors (Lipinski definition) is 7. The Balaban J connectivity index is 1.10. The number of rotatable bonds is 10. The van der Waals surface area contributed by atoms with Gasteiger partial charge < -0.3 is 20.1 Å². The van der Waals surface area contributed by atoms with E-state index in [9.17, 15) is 19.1 Å². The van der Waals surface area contributed by atoms with Gasteiger partial charge in [-0.3, -0.25) is 19.4 Å². The second-order valence-corrected chi connectivity index (χ2v) is 10.5. The fourth-order valence-corrected chi connectivity index (χ4v) is 5.46. The van der Waals surface area contributed by atoms with Gasteiger partial charge in [0, 0.05) is 57.8 Å². The highest BCUT2D eigenvalue weighted by Crippen LogP contribution is 2.33. The number of imide groups is 1. The van der Waals surface area contributed by atoms with Gasteiger partial charge in [-0.15, -0.1) is 0 Å². The van der Waals surface area contributed by atoms with E-state index in [-0.39, 0.29) is 42.6 Å². The first kappa shape index (κ1) is 24.5. The lowest BCUT2D eigenvalue weighted by molar-refractivity contribution is -0.141. The van der Waals surface area contributed by atoms with Gasteiger partial charge in [-0.05, 0) is 50.7 Å². The molecular weight excluding hydrogens is 451 g/mol. The van der Waals surface area contributed by atoms with Crippen molar-refractivity contribution in [2.45, 2.75) is 63.2 Å². The van der Waals surface area contributed by atoms with Crippen molar-refractivity contribution in [1.82, 2.24) is 15.1 Å². The number of nitrogens with zero attached hydrogens (tertiary/aromatic N) is 3. The molecule has 9 heteroatoms. The third-order valence-corrected chi connectivity index (χ3v) is 7.66. The van der Waals surface area contributed by atoms with Crippen LogP contribution < -0.4 is 15.0 Å². The fourth-order valence-electron chi connectivity index (χ4n) is 5.46. The lowest BCUT2D eigenvalue weighted by Gasteiger charge is -2.38. The molecule has 4 aliphatic rings. The van der Waals surface area contributed by atoms with Crippen LogP contribution in [0.3, 0.4) is 0 Å². The molecule has 0 radical (unpaired) electrons. The van der Waals surface area contributed by atoms with Crippen molar-refractivity contribution < 1.29 is 23.8 Å². The van der Waals surface area contributed by atoms with Crippen molar-refractivity contribution in [3.8, 4) is 5.75 Å². The van der Waals surface area contributed by atoms with Crippen molar-refractivity contribution in [2.75, 3.05) is 50.7 Å². The van der Waals surface area contributed by atoms with Crippen LogP contribution in [0.2, 0.25) is 0 Å². The van der Waals surface area contributed by atoms with Gasteiger partial charge in [-0.25, -0.2) is 4.39 Å². The summed E-state index contributed by atoms with van der Waals surface area (Å²) in [5, 5.41) is 14.0. The zero-order valence-electron chi connectivity index (χ0n) is 20.3. The number of hydrogen-bond donors (Lipinski definition) is 2. The summed E-state index contributed by atoms with van der Waals surface area (Å²) < 4.78 is 20.3. The van der Waals surface area contributed by atoms with E-state index in [4.69, 9.17) is 4.74 Å². The minimum atomic E-state index is -0.792. The molecule has 4 fully saturated rings. The van der Waals surface area contributed by atoms with Crippen LogP contribution >= 0.6 is 0 Å². The summed E-state index contributed by atoms with van der Waals surface area (Å²) in [7, 11) is 0. The smallest absolute Gasteiger partial charge is 0.234 e. The monoisotopic (exact) mass is 488 g/mol. The number of ether oxygens (including phenoxy) is 1. The van der Waals surface area contributed by atoms with E-state index in [1.54, 1.807) is 12.1 Å². The average molecular weight is 489 g/mol. The molecule has 0 bridgehead atoms. The number of carbonyl (C=O) groups excluding carboxylic acids is 2. The third-order valence-electron chi connectivity index (χ3n) is 7.66. The zero-order chi connectivity index (χ0) is 24.4. The molecule has 2 heterocycles. The molecule has 5 rings (SSSR count). The summed E-state index contributed by atoms with van der Waals surface area (Å²) in [6, 6.07) is 5.23. The Morgan fingerprint density at radius 1 is 1.06 bits per heavy atom. The van der Waals surface area contributed by atoms with Gasteiger partial charge in [0.25, 0.3) is 0 Å². The highest BCUT2D eigenvalue weighted by Gasteiger charge is 2.40. The number of amides is 2. The first-order chi connectivity index (χ1) is 17.0. The van der Waals surface area contributed by atoms with Gasteiger partial charge in [0.1, 0.15) is 11.6 Å². The van der Waals surface area contributed by atoms with E-state index in [2.05, 4.69) is 15.1 Å². The van der Waals surface area contributed by atoms with Gasteiger partial charge in [-0.1, -0.05) is 0 Å². The van der Waals surface area contributed by atoms with Crippen molar-refractivity contribution in [3.05, 3.63) is 24.0 Å². The van der Waals surface area contributed by atoms with E-state index < -0.39 is 6.10 Å². The molecule has 2 amide bonds. The minimum Gasteiger partial charge on any atom is -0.488 e. The van der Waals surface area contributed by atoms with Gasteiger partial charge in [-0.2, -0.15) is 0 Å². The SMILES string of the molecule is O=C1CC(CNC2CC2)C(=O)N1CC(O)CN1CCN(c2cc(F)ccc2OC2CCCC2)CC1. The van der Waals surface area contributed by atoms with Crippen LogP contribution in [0.4, 0.5) is 10.1 Å². The van der Waals surface area contributed by atoms with Crippen LogP contribution in [0.25, 0.3) is 0 Å². The first-order valence-electron chi connectivity index (χ1n) is 13.2. The maximum absolute atomic E-state index is 14.1. The zero-order valence-corrected chi connectivity index (χ0v) is 20.3. The molecule has 8 nitrogen and oxygen atoms in total. The van der Waals surface area contributed by atoms with E-state index in [1.807, 2.05) is 0 Å². The number of piperazine rings is 1. The molecule has 2 N–H and O–H groups in total. The summed E-state index contributed by atoms with van der Waals surface area (Å²) in [6.07, 6.45) is 6.35. The Bertz CT molecular complexity index is 913. The molecule has 2 saturated heterocycles. The predicted molar refractivity (Wildman–Crippen MR) is 130 cm³/mol. The molecule has 1 aromatic rings. The van der Waals surface area contributed by atoms with E-state index in [1.165, 1.54) is 23.8 Å². The van der Waals surface area contributed by atoms with Crippen LogP contribution in [0, 0.1) is 11.7 Å². The number of nitrogens with one attached hydrogen (secondary N) is 1. The molecule has 2 unspecified atom stereocenters. The fraction of sp³-hybridized carbons (Fsp3) is 0.692. The third kappa shape index (κ3) is 6.13. The molecule has 1 aromatic carbocycles. The quantitative estimate of drug-likeness (QED) is 0.486. The number of aliphatic hydroxyl groups excluding tert-OH is 1. The molecule has 35 heavy (non-hydrogen) atoms. The number of benzene rings is 1. The van der Waals surface area contributed by atoms with Crippen molar-refractivity contribution in [2.24, 2.45) is 5.92 Å². The van der Waals surface area contributed by atoms with Crippen molar-refractivity contribution in [3.63, 3.8) is 0 Å². The van der Waals surface area contributed by atoms with Crippen LogP contribution in [0.1, 0.15) is 44.9 Å². The number of β-amino-alcohol motifs (C(OH)–C–C–N with tert-alkyl or cyclic N) is 1. The second-order valence-electron chi connectivity index (χ2n) is 10.5. The summed E-state index contributed by atoms with van der Waals surface area (Å²) in [5.41, 5.74) is 0.788. The largest absolute Gasteiger partial charge is 0.488 e. The Kier molecular flexibility index (Phi) is 7.55. The molecule has 192 valence electrons. The van der Waals surface area contributed by atoms with Crippen LogP contribution in [-0.2, 0) is 9.59 Å². The van der Waals surface area contributed by atoms with Crippen molar-refractivity contribution >= 4 is 17.5 Å². The summed E-state index contributed by atoms with van der Waals surface area (Å²) in [5.74, 6) is -0.216. The lowest BCUT2D eigenvalue weighted by Crippen LogP contribution is -2.50. The molecule has 0 spiro atoms. The van der Waals surface area contributed by atoms with E-state index in [0.29, 0.717) is 45.3 Å². The molecular formula is C26H37FN4O4. The number of anilines is 1. The van der Waals surface area contributed by atoms with Crippen LogP contribution in [0.5, 0.6) is 5.75 Å². The van der Waals surface area contributed by atoms with Crippen LogP contribution in [0.15, 0.2) is 18.2 Å². The first-order valence-corrected chi connectivity index (χ1v) is 13.2. The Labute approximate surface area is 206 Å². The van der Waals surface area contributed by atoms with E-state index >= 15 is 0 Å². The summed E-state index contributed by atoms with van der Waals surface area (Å²) >= 11 is 0. The maximum atomic E-state index is 14.1. The maximum Gasteiger partial charge on any atom is 0.234 e. The normalized spacial score (nSPS) is 25.0. The van der Waals surface area contributed by atoms with Crippen molar-refractivity contribution in [1.29, 1.82) is 0 Å². The number of halogens is 1. The average Bonchev–Trinajstić information content (AvgIpc) is 3.47. The van der Waals surface area contributed by atoms with E-state index in [0.717, 1.165) is 37.1 Å². The Hall–Kier alpha value is -2.23. The second kappa shape index (κ2) is 10.8. The van der Waals surface area contributed by atoms with Gasteiger partial charge in [0.2, 0.25) is 11.8 Å². The van der Waals surface area contributed by atoms with Crippen LogP contribution in [-0.4, -0.2) is 90.8 Å². The predicted octanol–water partition coefficient (Wildman–Crippen LogP) is 1.76. The topological polar surface area (TPSA) is 85.3 Å². The molecule has 2 atom stereocenters. The van der Waals surface area contributed by atoms with Gasteiger partial charge in [0.15, 0.2) is 0 Å². The van der Waals surface area contributed by atoms with Gasteiger partial charge >= 0.3 is 0 Å². The number of likely N-dealkylation sites (tertiary alicyclic amines) is 1. The molecule has 2 saturated carbocycles. The summed E-state index contributed by atoms with van der Waals surface area (Å²) in [4.78, 5) is 30.5. The highest BCUT2D eigenvalue weighted by molar-refractivity contribution is 6.03. The molecule has 0 aromatic heterocycles. The molecule has 2 aliphatic heterocycles. The molecule has 2 aliphatic carbocycles. The standard InChI is InChI=1S/C26H37FN4O4/c27-19-5-8-24(35-22-3-1-2-4-22)23(14-19)30-11-9-29(10-12-30)16-21(32)17-31-25(33)13-18(26(31)34)15-28-20-6-7-20/h5,8,14,18,20-22,28,32H,1-4,6-7,9-13,15-17H2. The highest BCUT2D eigenvalue weighted by atomic mass is 19.1. The lowest BCUT2D eigenvalue weighted by atomic mass is 10.1. The minimum absolute atomic E-state index is 0.0427. The Morgan fingerprint density at radius 2 is 1.80 bits per heavy atom. The number of aliphatic hydroxyl groups is 1. The Morgan fingerprint density at radius 3 is 2.51 bits per heavy atom.